The zero-order valence-electron chi connectivity index (χ0n) is 20.3. The van der Waals surface area contributed by atoms with E-state index in [1.165, 1.54) is 23.7 Å². The number of amides is 2. The second-order valence-electron chi connectivity index (χ2n) is 8.76. The molecule has 0 saturated carbocycles. The highest BCUT2D eigenvalue weighted by molar-refractivity contribution is 8.14. The van der Waals surface area contributed by atoms with Crippen molar-refractivity contribution in [2.75, 3.05) is 26.5 Å². The van der Waals surface area contributed by atoms with Crippen molar-refractivity contribution in [1.29, 1.82) is 0 Å². The average molecular weight is 500 g/mol. The molecule has 0 aliphatic carbocycles. The monoisotopic (exact) mass is 499 g/mol. The number of nitrogens with zero attached hydrogens (tertiary/aromatic N) is 3. The lowest BCUT2D eigenvalue weighted by Gasteiger charge is -2.52. The van der Waals surface area contributed by atoms with E-state index in [1.54, 1.807) is 37.4 Å². The summed E-state index contributed by atoms with van der Waals surface area (Å²) in [4.78, 5) is 39.5. The number of quaternary nitrogens is 1. The number of ether oxygens (including phenoxy) is 1. The number of carboxylic acid groups (broad SMARTS) is 1. The number of hydrogen-bond acceptors (Lipinski definition) is 7. The number of allylic oxidation sites excluding steroid dienone is 2. The number of nitrogens with two attached hydrogens (primary N) is 1. The third-order valence-corrected chi connectivity index (χ3v) is 7.41. The standard InChI is InChI=1S/C25H30N4O5S/c1-6-18(15(2)3)21(27-26)35-14-16-12-29(5)23(31)20(24(29)34-13-16)28(4)22(30)19(25(32)33)17-10-8-7-9-11-17/h6-12,19-20,24H,2,13-14,26H2,1,3-5H3/p+1/b18-6+,27-21+/t19?,20-,24?,29?/m1/s1. The number of rotatable bonds is 8. The van der Waals surface area contributed by atoms with Crippen molar-refractivity contribution in [3.63, 3.8) is 0 Å². The van der Waals surface area contributed by atoms with E-state index in [4.69, 9.17) is 10.6 Å². The number of carbonyl (C=O) groups is 3. The van der Waals surface area contributed by atoms with Gasteiger partial charge in [-0.2, -0.15) is 5.10 Å². The molecule has 1 saturated heterocycles. The molecule has 1 fully saturated rings. The van der Waals surface area contributed by atoms with Crippen molar-refractivity contribution < 1.29 is 28.7 Å². The van der Waals surface area contributed by atoms with Crippen LogP contribution in [0.3, 0.4) is 0 Å². The number of hydrazone groups is 1. The van der Waals surface area contributed by atoms with Gasteiger partial charge in [0, 0.05) is 23.9 Å². The van der Waals surface area contributed by atoms with Crippen LogP contribution >= 0.6 is 11.8 Å². The van der Waals surface area contributed by atoms with E-state index in [2.05, 4.69) is 11.7 Å². The molecule has 2 aliphatic rings. The van der Waals surface area contributed by atoms with Crippen LogP contribution < -0.4 is 5.84 Å². The van der Waals surface area contributed by atoms with E-state index in [0.29, 0.717) is 16.4 Å². The van der Waals surface area contributed by atoms with Gasteiger partial charge >= 0.3 is 11.9 Å². The lowest BCUT2D eigenvalue weighted by molar-refractivity contribution is -0.877. The quantitative estimate of drug-likeness (QED) is 0.0823. The van der Waals surface area contributed by atoms with Crippen LogP contribution in [0.15, 0.2) is 71.0 Å². The van der Waals surface area contributed by atoms with Gasteiger partial charge in [0.1, 0.15) is 11.2 Å². The summed E-state index contributed by atoms with van der Waals surface area (Å²) < 4.78 is 5.90. The molecule has 0 aromatic heterocycles. The number of β-lactam (4-membered cyclic amide) rings is 1. The summed E-state index contributed by atoms with van der Waals surface area (Å²) in [6.07, 6.45) is 3.13. The van der Waals surface area contributed by atoms with E-state index in [1.807, 2.05) is 26.1 Å². The molecule has 4 atom stereocenters. The Morgan fingerprint density at radius 2 is 2.06 bits per heavy atom. The molecule has 35 heavy (non-hydrogen) atoms. The number of thioether (sulfide) groups is 1. The molecule has 10 heteroatoms. The highest BCUT2D eigenvalue weighted by Gasteiger charge is 2.66. The third kappa shape index (κ3) is 4.95. The van der Waals surface area contributed by atoms with Gasteiger partial charge in [-0.05, 0) is 25.0 Å². The van der Waals surface area contributed by atoms with Gasteiger partial charge in [0.25, 0.3) is 0 Å². The maximum Gasteiger partial charge on any atom is 0.352 e. The number of likely N-dealkylation sites (N-methyl/N-ethyl adjacent to an activating group) is 2. The second kappa shape index (κ2) is 10.6. The van der Waals surface area contributed by atoms with Crippen molar-refractivity contribution in [3.05, 3.63) is 71.5 Å². The van der Waals surface area contributed by atoms with Crippen LogP contribution in [-0.4, -0.2) is 76.0 Å². The summed E-state index contributed by atoms with van der Waals surface area (Å²) in [6, 6.07) is 7.39. The largest absolute Gasteiger partial charge is 0.480 e. The molecule has 1 aromatic carbocycles. The smallest absolute Gasteiger partial charge is 0.352 e. The van der Waals surface area contributed by atoms with Crippen LogP contribution in [0.1, 0.15) is 25.3 Å². The summed E-state index contributed by atoms with van der Waals surface area (Å²) in [6.45, 7) is 7.99. The fourth-order valence-corrected chi connectivity index (χ4v) is 5.45. The lowest BCUT2D eigenvalue weighted by Crippen LogP contribution is -2.79. The Morgan fingerprint density at radius 1 is 1.40 bits per heavy atom. The minimum absolute atomic E-state index is 0.118. The Hall–Kier alpha value is -3.21. The first-order valence-corrected chi connectivity index (χ1v) is 12.1. The van der Waals surface area contributed by atoms with Crippen molar-refractivity contribution in [1.82, 2.24) is 4.90 Å². The van der Waals surface area contributed by atoms with Gasteiger partial charge < -0.3 is 20.6 Å². The summed E-state index contributed by atoms with van der Waals surface area (Å²) >= 11 is 1.43. The number of benzene rings is 1. The molecule has 0 spiro atoms. The Balaban J connectivity index is 1.74. The first-order chi connectivity index (χ1) is 16.6. The molecular weight excluding hydrogens is 468 g/mol. The Labute approximate surface area is 209 Å². The van der Waals surface area contributed by atoms with Gasteiger partial charge in [0.2, 0.25) is 18.2 Å². The van der Waals surface area contributed by atoms with E-state index in [0.717, 1.165) is 16.7 Å². The average Bonchev–Trinajstić information content (AvgIpc) is 2.82. The van der Waals surface area contributed by atoms with E-state index >= 15 is 0 Å². The van der Waals surface area contributed by atoms with Crippen LogP contribution in [0.25, 0.3) is 0 Å². The van der Waals surface area contributed by atoms with Gasteiger partial charge in [0.05, 0.1) is 13.7 Å². The molecule has 2 amide bonds. The highest BCUT2D eigenvalue weighted by atomic mass is 32.2. The lowest BCUT2D eigenvalue weighted by atomic mass is 9.93. The molecule has 9 nitrogen and oxygen atoms in total. The molecule has 2 aliphatic heterocycles. The normalized spacial score (nSPS) is 25.1. The zero-order chi connectivity index (χ0) is 25.9. The van der Waals surface area contributed by atoms with Crippen molar-refractivity contribution in [2.45, 2.75) is 32.0 Å². The molecule has 0 bridgehead atoms. The fraction of sp³-hybridized carbons (Fsp3) is 0.360. The maximum absolute atomic E-state index is 13.2. The number of fused-ring (bicyclic) bond motifs is 1. The summed E-state index contributed by atoms with van der Waals surface area (Å²) in [5.41, 5.74) is 2.96. The molecule has 186 valence electrons. The molecule has 3 unspecified atom stereocenters. The molecule has 2 heterocycles. The van der Waals surface area contributed by atoms with Crippen LogP contribution in [0.5, 0.6) is 0 Å². The number of carboxylic acids is 1. The van der Waals surface area contributed by atoms with Crippen LogP contribution in [0.4, 0.5) is 0 Å². The van der Waals surface area contributed by atoms with E-state index in [-0.39, 0.29) is 17.0 Å². The molecule has 1 aromatic rings. The van der Waals surface area contributed by atoms with Gasteiger partial charge in [0.15, 0.2) is 5.92 Å². The van der Waals surface area contributed by atoms with Crippen molar-refractivity contribution in [2.24, 2.45) is 10.9 Å². The molecule has 3 rings (SSSR count). The van der Waals surface area contributed by atoms with Crippen molar-refractivity contribution >= 4 is 34.6 Å². The third-order valence-electron chi connectivity index (χ3n) is 6.30. The Kier molecular flexibility index (Phi) is 7.99. The summed E-state index contributed by atoms with van der Waals surface area (Å²) in [7, 11) is 3.17. The predicted octanol–water partition coefficient (Wildman–Crippen LogP) is 2.44. The van der Waals surface area contributed by atoms with E-state index < -0.39 is 30.1 Å². The summed E-state index contributed by atoms with van der Waals surface area (Å²) in [5.74, 6) is 2.52. The number of hydrogen-bond donors (Lipinski definition) is 2. The fourth-order valence-electron chi connectivity index (χ4n) is 4.45. The summed E-state index contributed by atoms with van der Waals surface area (Å²) in [5, 5.41) is 14.2. The maximum atomic E-state index is 13.2. The topological polar surface area (TPSA) is 122 Å². The molecule has 0 radical (unpaired) electrons. The highest BCUT2D eigenvalue weighted by Crippen LogP contribution is 2.39. The van der Waals surface area contributed by atoms with Gasteiger partial charge in [-0.3, -0.25) is 9.59 Å². The number of aliphatic carboxylic acids is 1. The number of carbonyl (C=O) groups excluding carboxylic acids is 2. The van der Waals surface area contributed by atoms with Crippen LogP contribution in [0.2, 0.25) is 0 Å². The Morgan fingerprint density at radius 3 is 2.60 bits per heavy atom. The second-order valence-corrected chi connectivity index (χ2v) is 9.72. The van der Waals surface area contributed by atoms with Crippen LogP contribution in [0, 0.1) is 0 Å². The van der Waals surface area contributed by atoms with Crippen molar-refractivity contribution in [3.8, 4) is 0 Å². The Bertz CT molecular complexity index is 1130. The SMILES string of the molecule is C=C(C)C(=C\C)/C(=N\N)SCC1=C[N+]2(C)C(=O)[C@@H](N(C)C(=O)C(C(=O)O)c3ccccc3)C2OC1. The molecule has 3 N–H and O–H groups in total. The zero-order valence-corrected chi connectivity index (χ0v) is 21.1. The minimum Gasteiger partial charge on any atom is -0.480 e. The van der Waals surface area contributed by atoms with Gasteiger partial charge in [-0.25, -0.2) is 9.28 Å². The van der Waals surface area contributed by atoms with Gasteiger partial charge in [-0.1, -0.05) is 54.7 Å². The predicted molar refractivity (Wildman–Crippen MR) is 135 cm³/mol. The molecular formula is C25H31N4O5S+. The minimum atomic E-state index is -1.40. The first kappa shape index (κ1) is 26.4. The van der Waals surface area contributed by atoms with Gasteiger partial charge in [-0.15, -0.1) is 0 Å². The van der Waals surface area contributed by atoms with Crippen LogP contribution in [-0.2, 0) is 19.1 Å². The first-order valence-electron chi connectivity index (χ1n) is 11.1. The van der Waals surface area contributed by atoms with E-state index in [9.17, 15) is 19.5 Å².